The lowest BCUT2D eigenvalue weighted by molar-refractivity contribution is -0.182. The number of aliphatic hydroxyl groups is 1. The number of halogens is 1. The number of rotatable bonds is 8. The number of amides is 1. The maximum absolute atomic E-state index is 13.2. The van der Waals surface area contributed by atoms with Gasteiger partial charge in [-0.3, -0.25) is 9.69 Å². The number of hydrogen-bond donors (Lipinski definition) is 2. The number of likely N-dealkylation sites (tertiary alicyclic amines) is 1. The second-order valence-corrected chi connectivity index (χ2v) is 9.19. The summed E-state index contributed by atoms with van der Waals surface area (Å²) in [4.78, 5) is 15.0. The summed E-state index contributed by atoms with van der Waals surface area (Å²) in [6.07, 6.45) is 2.42. The van der Waals surface area contributed by atoms with Crippen LogP contribution in [0.25, 0.3) is 0 Å². The largest absolute Gasteiger partial charge is 0.389 e. The van der Waals surface area contributed by atoms with Crippen LogP contribution in [0.2, 0.25) is 0 Å². The first-order valence-electron chi connectivity index (χ1n) is 11.7. The van der Waals surface area contributed by atoms with Crippen LogP contribution in [-0.2, 0) is 20.7 Å². The van der Waals surface area contributed by atoms with Crippen molar-refractivity contribution in [3.63, 3.8) is 0 Å². The molecule has 0 saturated carbocycles. The summed E-state index contributed by atoms with van der Waals surface area (Å²) in [5, 5.41) is 14.1. The molecule has 1 amide bonds. The first-order chi connectivity index (χ1) is 15.9. The van der Waals surface area contributed by atoms with Crippen LogP contribution in [0, 0.1) is 11.7 Å². The maximum Gasteiger partial charge on any atom is 0.230 e. The first-order valence-corrected chi connectivity index (χ1v) is 11.7. The van der Waals surface area contributed by atoms with Crippen LogP contribution in [0.3, 0.4) is 0 Å². The van der Waals surface area contributed by atoms with Crippen LogP contribution in [0.15, 0.2) is 54.6 Å². The number of ether oxygens (including phenoxy) is 2. The molecule has 2 fully saturated rings. The van der Waals surface area contributed by atoms with Gasteiger partial charge in [-0.1, -0.05) is 37.3 Å². The third-order valence-electron chi connectivity index (χ3n) is 6.95. The predicted molar refractivity (Wildman–Crippen MR) is 124 cm³/mol. The van der Waals surface area contributed by atoms with Crippen molar-refractivity contribution in [2.75, 3.05) is 38.2 Å². The Morgan fingerprint density at radius 3 is 2.36 bits per heavy atom. The van der Waals surface area contributed by atoms with Crippen LogP contribution < -0.4 is 5.32 Å². The summed E-state index contributed by atoms with van der Waals surface area (Å²) in [6, 6.07) is 15.8. The summed E-state index contributed by atoms with van der Waals surface area (Å²) < 4.78 is 25.2. The number of carbonyl (C=O) groups excluding carboxylic acids is 1. The van der Waals surface area contributed by atoms with Gasteiger partial charge in [0.15, 0.2) is 5.79 Å². The number of aryl methyl sites for hydroxylation is 1. The Morgan fingerprint density at radius 1 is 1.09 bits per heavy atom. The van der Waals surface area contributed by atoms with Gasteiger partial charge in [-0.15, -0.1) is 0 Å². The fraction of sp³-hybridized carbons (Fsp3) is 0.500. The third-order valence-corrected chi connectivity index (χ3v) is 6.95. The quantitative estimate of drug-likeness (QED) is 0.635. The Hall–Kier alpha value is -2.32. The second-order valence-electron chi connectivity index (χ2n) is 9.19. The molecule has 1 atom stereocenters. The monoisotopic (exact) mass is 456 g/mol. The predicted octanol–water partition coefficient (Wildman–Crippen LogP) is 3.60. The number of carbonyl (C=O) groups is 1. The molecule has 0 bridgehead atoms. The Morgan fingerprint density at radius 2 is 1.73 bits per heavy atom. The number of anilines is 1. The van der Waals surface area contributed by atoms with Gasteiger partial charge in [-0.2, -0.15) is 0 Å². The first kappa shape index (κ1) is 23.8. The van der Waals surface area contributed by atoms with E-state index in [9.17, 15) is 14.3 Å². The van der Waals surface area contributed by atoms with Gasteiger partial charge >= 0.3 is 0 Å². The average molecular weight is 457 g/mol. The molecule has 2 aromatic rings. The highest BCUT2D eigenvalue weighted by Gasteiger charge is 2.44. The molecule has 2 saturated heterocycles. The van der Waals surface area contributed by atoms with E-state index in [1.165, 1.54) is 12.1 Å². The molecule has 0 aromatic heterocycles. The van der Waals surface area contributed by atoms with Crippen molar-refractivity contribution in [2.24, 2.45) is 5.92 Å². The van der Waals surface area contributed by atoms with Gasteiger partial charge in [-0.05, 0) is 49.1 Å². The molecular weight excluding hydrogens is 423 g/mol. The van der Waals surface area contributed by atoms with E-state index >= 15 is 0 Å². The number of hydrogen-bond acceptors (Lipinski definition) is 5. The van der Waals surface area contributed by atoms with Crippen molar-refractivity contribution in [3.05, 3.63) is 66.0 Å². The van der Waals surface area contributed by atoms with Crippen LogP contribution in [0.5, 0.6) is 0 Å². The topological polar surface area (TPSA) is 71.0 Å². The van der Waals surface area contributed by atoms with Crippen molar-refractivity contribution < 1.29 is 23.8 Å². The molecular formula is C26H33FN2O4. The number of benzene rings is 2. The van der Waals surface area contributed by atoms with Gasteiger partial charge in [0.2, 0.25) is 5.91 Å². The minimum atomic E-state index is -1.05. The van der Waals surface area contributed by atoms with E-state index in [4.69, 9.17) is 9.47 Å². The van der Waals surface area contributed by atoms with Gasteiger partial charge in [0.1, 0.15) is 5.82 Å². The number of nitrogens with zero attached hydrogens (tertiary/aromatic N) is 1. The summed E-state index contributed by atoms with van der Waals surface area (Å²) in [5.74, 6) is -1.63. The van der Waals surface area contributed by atoms with E-state index in [-0.39, 0.29) is 11.7 Å². The van der Waals surface area contributed by atoms with Crippen LogP contribution >= 0.6 is 0 Å². The molecule has 2 aliphatic rings. The Labute approximate surface area is 194 Å². The van der Waals surface area contributed by atoms with E-state index in [2.05, 4.69) is 10.2 Å². The van der Waals surface area contributed by atoms with Crippen LogP contribution in [-0.4, -0.2) is 60.1 Å². The van der Waals surface area contributed by atoms with Crippen LogP contribution in [0.4, 0.5) is 10.1 Å². The van der Waals surface area contributed by atoms with Crippen molar-refractivity contribution in [1.29, 1.82) is 0 Å². The Balaban J connectivity index is 1.31. The molecule has 6 nitrogen and oxygen atoms in total. The molecule has 0 aliphatic carbocycles. The molecule has 178 valence electrons. The van der Waals surface area contributed by atoms with Gasteiger partial charge in [-0.25, -0.2) is 4.39 Å². The second kappa shape index (κ2) is 10.3. The molecule has 2 heterocycles. The molecule has 7 heteroatoms. The summed E-state index contributed by atoms with van der Waals surface area (Å²) in [7, 11) is 0. The highest BCUT2D eigenvalue weighted by atomic mass is 19.1. The van der Waals surface area contributed by atoms with Crippen molar-refractivity contribution >= 4 is 11.6 Å². The summed E-state index contributed by atoms with van der Waals surface area (Å²) in [5.41, 5.74) is 0.726. The van der Waals surface area contributed by atoms with Crippen molar-refractivity contribution in [2.45, 2.75) is 44.0 Å². The summed E-state index contributed by atoms with van der Waals surface area (Å²) in [6.45, 7) is 4.82. The zero-order chi connectivity index (χ0) is 23.3. The normalized spacial score (nSPS) is 20.9. The fourth-order valence-electron chi connectivity index (χ4n) is 4.69. The van der Waals surface area contributed by atoms with E-state index in [0.717, 1.165) is 17.7 Å². The molecule has 0 radical (unpaired) electrons. The molecule has 2 N–H and O–H groups in total. The highest BCUT2D eigenvalue weighted by Crippen LogP contribution is 2.33. The van der Waals surface area contributed by atoms with Gasteiger partial charge in [0.05, 0.1) is 31.3 Å². The van der Waals surface area contributed by atoms with Crippen LogP contribution in [0.1, 0.15) is 31.7 Å². The van der Waals surface area contributed by atoms with Gasteiger partial charge in [0.25, 0.3) is 0 Å². The summed E-state index contributed by atoms with van der Waals surface area (Å²) >= 11 is 0. The standard InChI is InChI=1S/C26H33FN2O4/c1-20(24(30)28-23-5-3-2-4-6-23)25(31)13-15-29(16-14-25)19-26(32-17-18-33-26)12-11-21-7-9-22(27)10-8-21/h2-10,20,31H,11-19H2,1H3,(H,28,30). The zero-order valence-electron chi connectivity index (χ0n) is 19.1. The molecule has 4 rings (SSSR count). The zero-order valence-corrected chi connectivity index (χ0v) is 19.1. The van der Waals surface area contributed by atoms with Crippen molar-refractivity contribution in [3.8, 4) is 0 Å². The third kappa shape index (κ3) is 5.98. The molecule has 2 aliphatic heterocycles. The van der Waals surface area contributed by atoms with E-state index in [0.29, 0.717) is 52.1 Å². The number of piperidine rings is 1. The lowest BCUT2D eigenvalue weighted by Gasteiger charge is -2.43. The molecule has 33 heavy (non-hydrogen) atoms. The SMILES string of the molecule is CC(C(=O)Nc1ccccc1)C1(O)CCN(CC2(CCc3ccc(F)cc3)OCCO2)CC1. The lowest BCUT2D eigenvalue weighted by atomic mass is 9.79. The maximum atomic E-state index is 13.2. The Bertz CT molecular complexity index is 908. The van der Waals surface area contributed by atoms with E-state index < -0.39 is 17.3 Å². The number of para-hydroxylation sites is 1. The highest BCUT2D eigenvalue weighted by molar-refractivity contribution is 5.93. The van der Waals surface area contributed by atoms with E-state index in [1.807, 2.05) is 30.3 Å². The fourth-order valence-corrected chi connectivity index (χ4v) is 4.69. The van der Waals surface area contributed by atoms with Crippen molar-refractivity contribution in [1.82, 2.24) is 4.90 Å². The van der Waals surface area contributed by atoms with Gasteiger partial charge in [0, 0.05) is 25.2 Å². The smallest absolute Gasteiger partial charge is 0.230 e. The van der Waals surface area contributed by atoms with Gasteiger partial charge < -0.3 is 19.9 Å². The van der Waals surface area contributed by atoms with E-state index in [1.54, 1.807) is 19.1 Å². The minimum absolute atomic E-state index is 0.171. The molecule has 0 spiro atoms. The minimum Gasteiger partial charge on any atom is -0.389 e. The average Bonchev–Trinajstić information content (AvgIpc) is 3.29. The number of nitrogens with one attached hydrogen (secondary N) is 1. The lowest BCUT2D eigenvalue weighted by Crippen LogP contribution is -2.54. The molecule has 2 aromatic carbocycles. The Kier molecular flexibility index (Phi) is 7.44. The molecule has 1 unspecified atom stereocenters.